The number of amides is 1. The highest BCUT2D eigenvalue weighted by Gasteiger charge is 2.13. The molecular formula is C24H17Cl3N2O2. The Morgan fingerprint density at radius 3 is 2.55 bits per heavy atom. The first-order chi connectivity index (χ1) is 14.9. The Labute approximate surface area is 195 Å². The summed E-state index contributed by atoms with van der Waals surface area (Å²) in [5.74, 6) is -0.0912. The molecule has 3 rings (SSSR count). The maximum absolute atomic E-state index is 12.6. The van der Waals surface area contributed by atoms with Gasteiger partial charge in [-0.2, -0.15) is 5.26 Å². The number of ether oxygens (including phenoxy) is 1. The van der Waals surface area contributed by atoms with E-state index in [9.17, 15) is 10.1 Å². The van der Waals surface area contributed by atoms with Gasteiger partial charge in [0.05, 0.1) is 0 Å². The van der Waals surface area contributed by atoms with Crippen molar-refractivity contribution in [3.8, 4) is 11.8 Å². The van der Waals surface area contributed by atoms with Gasteiger partial charge in [0.15, 0.2) is 0 Å². The first-order valence-corrected chi connectivity index (χ1v) is 10.3. The van der Waals surface area contributed by atoms with E-state index in [2.05, 4.69) is 5.32 Å². The van der Waals surface area contributed by atoms with E-state index in [-0.39, 0.29) is 12.2 Å². The van der Waals surface area contributed by atoms with Crippen molar-refractivity contribution in [2.24, 2.45) is 0 Å². The average Bonchev–Trinajstić information content (AvgIpc) is 2.74. The molecule has 0 saturated carbocycles. The lowest BCUT2D eigenvalue weighted by Gasteiger charge is -2.11. The molecular weight excluding hydrogens is 455 g/mol. The maximum Gasteiger partial charge on any atom is 0.266 e. The number of rotatable bonds is 6. The van der Waals surface area contributed by atoms with Crippen LogP contribution in [0.15, 0.2) is 66.2 Å². The number of carbonyl (C=O) groups is 1. The van der Waals surface area contributed by atoms with Gasteiger partial charge in [-0.1, -0.05) is 53.0 Å². The zero-order valence-corrected chi connectivity index (χ0v) is 18.7. The van der Waals surface area contributed by atoms with Crippen molar-refractivity contribution in [2.45, 2.75) is 13.5 Å². The summed E-state index contributed by atoms with van der Waals surface area (Å²) in [6, 6.07) is 19.3. The molecule has 0 spiro atoms. The van der Waals surface area contributed by atoms with E-state index in [0.717, 1.165) is 11.1 Å². The van der Waals surface area contributed by atoms with Gasteiger partial charge in [0.2, 0.25) is 0 Å². The molecule has 0 atom stereocenters. The lowest BCUT2D eigenvalue weighted by molar-refractivity contribution is -0.112. The van der Waals surface area contributed by atoms with E-state index in [1.54, 1.807) is 48.5 Å². The lowest BCUT2D eigenvalue weighted by atomic mass is 10.1. The van der Waals surface area contributed by atoms with Gasteiger partial charge in [0, 0.05) is 26.3 Å². The van der Waals surface area contributed by atoms with Crippen LogP contribution in [0.25, 0.3) is 6.08 Å². The molecule has 0 unspecified atom stereocenters. The minimum atomic E-state index is -0.566. The van der Waals surface area contributed by atoms with Crippen LogP contribution in [0.5, 0.6) is 5.75 Å². The number of halogens is 3. The topological polar surface area (TPSA) is 62.1 Å². The molecule has 0 bridgehead atoms. The number of aryl methyl sites for hydroxylation is 1. The minimum absolute atomic E-state index is 0.105. The Bertz CT molecular complexity index is 1200. The molecule has 31 heavy (non-hydrogen) atoms. The molecule has 0 aliphatic heterocycles. The van der Waals surface area contributed by atoms with Crippen LogP contribution < -0.4 is 10.1 Å². The smallest absolute Gasteiger partial charge is 0.266 e. The lowest BCUT2D eigenvalue weighted by Crippen LogP contribution is -2.13. The van der Waals surface area contributed by atoms with Crippen molar-refractivity contribution in [3.63, 3.8) is 0 Å². The number of benzene rings is 3. The molecule has 4 nitrogen and oxygen atoms in total. The summed E-state index contributed by atoms with van der Waals surface area (Å²) in [5, 5.41) is 13.8. The van der Waals surface area contributed by atoms with Crippen LogP contribution in [0.2, 0.25) is 15.1 Å². The van der Waals surface area contributed by atoms with E-state index >= 15 is 0 Å². The van der Waals surface area contributed by atoms with Crippen LogP contribution in [0, 0.1) is 18.3 Å². The van der Waals surface area contributed by atoms with Gasteiger partial charge in [-0.05, 0) is 66.6 Å². The molecule has 3 aromatic rings. The fourth-order valence-electron chi connectivity index (χ4n) is 2.72. The van der Waals surface area contributed by atoms with Gasteiger partial charge < -0.3 is 10.1 Å². The highest BCUT2D eigenvalue weighted by Crippen LogP contribution is 2.27. The molecule has 0 heterocycles. The number of anilines is 1. The third kappa shape index (κ3) is 6.26. The monoisotopic (exact) mass is 470 g/mol. The first kappa shape index (κ1) is 22.7. The number of carbonyl (C=O) groups excluding carboxylic acids is 1. The molecule has 3 aromatic carbocycles. The summed E-state index contributed by atoms with van der Waals surface area (Å²) in [5.41, 5.74) is 2.66. The highest BCUT2D eigenvalue weighted by atomic mass is 35.5. The second-order valence-corrected chi connectivity index (χ2v) is 7.97. The van der Waals surface area contributed by atoms with Crippen molar-refractivity contribution in [1.29, 1.82) is 5.26 Å². The molecule has 0 saturated heterocycles. The van der Waals surface area contributed by atoms with Crippen molar-refractivity contribution >= 4 is 52.5 Å². The summed E-state index contributed by atoms with van der Waals surface area (Å²) < 4.78 is 5.89. The normalized spacial score (nSPS) is 11.0. The van der Waals surface area contributed by atoms with Crippen molar-refractivity contribution < 1.29 is 9.53 Å². The van der Waals surface area contributed by atoms with Crippen LogP contribution in [0.1, 0.15) is 16.7 Å². The summed E-state index contributed by atoms with van der Waals surface area (Å²) in [6.07, 6.45) is 1.43. The number of nitriles is 1. The van der Waals surface area contributed by atoms with E-state index in [0.29, 0.717) is 32.1 Å². The van der Waals surface area contributed by atoms with Crippen molar-refractivity contribution in [3.05, 3.63) is 98.0 Å². The van der Waals surface area contributed by atoms with E-state index in [1.807, 2.05) is 25.1 Å². The van der Waals surface area contributed by atoms with Crippen molar-refractivity contribution in [2.75, 3.05) is 5.32 Å². The number of hydrogen-bond donors (Lipinski definition) is 1. The van der Waals surface area contributed by atoms with Crippen LogP contribution in [-0.2, 0) is 11.4 Å². The molecule has 0 aliphatic carbocycles. The molecule has 156 valence electrons. The van der Waals surface area contributed by atoms with E-state index in [4.69, 9.17) is 39.5 Å². The number of nitrogens with one attached hydrogen (secondary N) is 1. The van der Waals surface area contributed by atoms with E-state index < -0.39 is 5.91 Å². The molecule has 1 amide bonds. The summed E-state index contributed by atoms with van der Waals surface area (Å²) in [7, 11) is 0. The van der Waals surface area contributed by atoms with Gasteiger partial charge in [-0.25, -0.2) is 0 Å². The molecule has 1 N–H and O–H groups in total. The second-order valence-electron chi connectivity index (χ2n) is 6.69. The SMILES string of the molecule is Cc1ccc(NC(=O)/C(C#N)=C/c2cc(Cl)ccc2OCc2cccc(Cl)c2)cc1Cl. The van der Waals surface area contributed by atoms with Gasteiger partial charge in [0.25, 0.3) is 5.91 Å². The van der Waals surface area contributed by atoms with Gasteiger partial charge in [-0.3, -0.25) is 4.79 Å². The standard InChI is InChI=1S/C24H17Cl3N2O2/c1-15-5-7-21(12-22(15)27)29-24(30)18(13-28)10-17-11-20(26)6-8-23(17)31-14-16-3-2-4-19(25)9-16/h2-12H,14H2,1H3,(H,29,30)/b18-10+. The minimum Gasteiger partial charge on any atom is -0.488 e. The Balaban J connectivity index is 1.83. The number of hydrogen-bond acceptors (Lipinski definition) is 3. The molecule has 0 radical (unpaired) electrons. The van der Waals surface area contributed by atoms with Crippen LogP contribution in [-0.4, -0.2) is 5.91 Å². The third-order valence-electron chi connectivity index (χ3n) is 4.35. The Morgan fingerprint density at radius 2 is 1.84 bits per heavy atom. The molecule has 7 heteroatoms. The third-order valence-corrected chi connectivity index (χ3v) is 5.23. The van der Waals surface area contributed by atoms with Crippen molar-refractivity contribution in [1.82, 2.24) is 0 Å². The zero-order chi connectivity index (χ0) is 22.4. The fraction of sp³-hybridized carbons (Fsp3) is 0.0833. The highest BCUT2D eigenvalue weighted by molar-refractivity contribution is 6.32. The van der Waals surface area contributed by atoms with Gasteiger partial charge in [-0.15, -0.1) is 0 Å². The Hall–Kier alpha value is -2.97. The zero-order valence-electron chi connectivity index (χ0n) is 16.5. The first-order valence-electron chi connectivity index (χ1n) is 9.22. The fourth-order valence-corrected chi connectivity index (χ4v) is 3.30. The quantitative estimate of drug-likeness (QED) is 0.308. The van der Waals surface area contributed by atoms with Gasteiger partial charge >= 0.3 is 0 Å². The summed E-state index contributed by atoms with van der Waals surface area (Å²) in [6.45, 7) is 2.12. The number of nitrogens with zero attached hydrogens (tertiary/aromatic N) is 1. The summed E-state index contributed by atoms with van der Waals surface area (Å²) in [4.78, 5) is 12.6. The molecule has 0 aliphatic rings. The predicted octanol–water partition coefficient (Wildman–Crippen LogP) is 7.08. The predicted molar refractivity (Wildman–Crippen MR) is 126 cm³/mol. The van der Waals surface area contributed by atoms with Crippen LogP contribution >= 0.6 is 34.8 Å². The summed E-state index contributed by atoms with van der Waals surface area (Å²) >= 11 is 18.2. The maximum atomic E-state index is 12.6. The molecule has 0 fully saturated rings. The second kappa shape index (κ2) is 10.4. The van der Waals surface area contributed by atoms with Crippen LogP contribution in [0.4, 0.5) is 5.69 Å². The largest absolute Gasteiger partial charge is 0.488 e. The molecule has 0 aromatic heterocycles. The average molecular weight is 472 g/mol. The van der Waals surface area contributed by atoms with E-state index in [1.165, 1.54) is 6.08 Å². The Morgan fingerprint density at radius 1 is 1.06 bits per heavy atom. The van der Waals surface area contributed by atoms with Crippen LogP contribution in [0.3, 0.4) is 0 Å². The Kier molecular flexibility index (Phi) is 7.59. The van der Waals surface area contributed by atoms with Gasteiger partial charge in [0.1, 0.15) is 24.0 Å².